The van der Waals surface area contributed by atoms with E-state index in [0.29, 0.717) is 30.2 Å². The Kier molecular flexibility index (Phi) is 4.77. The van der Waals surface area contributed by atoms with Crippen molar-refractivity contribution < 1.29 is 9.53 Å². The fraction of sp³-hybridized carbons (Fsp3) is 0.250. The minimum absolute atomic E-state index is 0.159. The van der Waals surface area contributed by atoms with Crippen LogP contribution in [0.15, 0.2) is 42.7 Å². The second-order valence-corrected chi connectivity index (χ2v) is 4.67. The molecule has 0 aliphatic heterocycles. The van der Waals surface area contributed by atoms with Crippen LogP contribution in [0.4, 0.5) is 5.69 Å². The molecule has 0 fully saturated rings. The molecular formula is C16H19N3O2. The zero-order valence-corrected chi connectivity index (χ0v) is 12.2. The van der Waals surface area contributed by atoms with Crippen molar-refractivity contribution in [3.63, 3.8) is 0 Å². The summed E-state index contributed by atoms with van der Waals surface area (Å²) in [6.07, 6.45) is 3.41. The second-order valence-electron chi connectivity index (χ2n) is 4.67. The highest BCUT2D eigenvalue weighted by Gasteiger charge is 2.19. The predicted molar refractivity (Wildman–Crippen MR) is 82.1 cm³/mol. The number of aromatic nitrogens is 1. The first-order valence-electron chi connectivity index (χ1n) is 6.79. The average molecular weight is 285 g/mol. The summed E-state index contributed by atoms with van der Waals surface area (Å²) < 4.78 is 5.50. The molecule has 1 heterocycles. The van der Waals surface area contributed by atoms with Gasteiger partial charge in [-0.1, -0.05) is 6.07 Å². The van der Waals surface area contributed by atoms with Gasteiger partial charge in [-0.2, -0.15) is 0 Å². The first kappa shape index (κ1) is 14.8. The number of rotatable bonds is 5. The molecule has 0 unspecified atom stereocenters. The van der Waals surface area contributed by atoms with E-state index in [2.05, 4.69) is 4.98 Å². The van der Waals surface area contributed by atoms with Gasteiger partial charge in [0.25, 0.3) is 5.91 Å². The standard InChI is InChI=1S/C16H19N3O2/c1-3-21-14-6-4-5-13(17)15(14)16(20)19(2)11-12-7-9-18-10-8-12/h4-10H,3,11,17H2,1-2H3. The Bertz CT molecular complexity index is 614. The lowest BCUT2D eigenvalue weighted by Gasteiger charge is -2.20. The van der Waals surface area contributed by atoms with Crippen LogP contribution in [0.3, 0.4) is 0 Å². The van der Waals surface area contributed by atoms with E-state index in [-0.39, 0.29) is 5.91 Å². The van der Waals surface area contributed by atoms with Gasteiger partial charge in [-0.15, -0.1) is 0 Å². The number of benzene rings is 1. The largest absolute Gasteiger partial charge is 0.493 e. The monoisotopic (exact) mass is 285 g/mol. The van der Waals surface area contributed by atoms with Gasteiger partial charge in [0.2, 0.25) is 0 Å². The van der Waals surface area contributed by atoms with Crippen LogP contribution in [0.1, 0.15) is 22.8 Å². The highest BCUT2D eigenvalue weighted by Crippen LogP contribution is 2.26. The van der Waals surface area contributed by atoms with E-state index in [1.807, 2.05) is 19.1 Å². The number of hydrogen-bond donors (Lipinski definition) is 1. The molecule has 2 aromatic rings. The van der Waals surface area contributed by atoms with E-state index in [1.165, 1.54) is 0 Å². The number of carbonyl (C=O) groups is 1. The maximum atomic E-state index is 12.6. The lowest BCUT2D eigenvalue weighted by Crippen LogP contribution is -2.27. The second kappa shape index (κ2) is 6.74. The highest BCUT2D eigenvalue weighted by molar-refractivity contribution is 6.01. The SMILES string of the molecule is CCOc1cccc(N)c1C(=O)N(C)Cc1ccncc1. The molecule has 110 valence electrons. The number of nitrogen functional groups attached to an aromatic ring is 1. The summed E-state index contributed by atoms with van der Waals surface area (Å²) in [5.41, 5.74) is 7.79. The summed E-state index contributed by atoms with van der Waals surface area (Å²) >= 11 is 0. The molecule has 5 heteroatoms. The van der Waals surface area contributed by atoms with Crippen LogP contribution in [0, 0.1) is 0 Å². The van der Waals surface area contributed by atoms with Gasteiger partial charge in [-0.05, 0) is 36.8 Å². The van der Waals surface area contributed by atoms with Crippen LogP contribution < -0.4 is 10.5 Å². The number of anilines is 1. The third-order valence-corrected chi connectivity index (χ3v) is 3.09. The van der Waals surface area contributed by atoms with Crippen LogP contribution >= 0.6 is 0 Å². The number of ether oxygens (including phenoxy) is 1. The van der Waals surface area contributed by atoms with Crippen molar-refractivity contribution >= 4 is 11.6 Å². The zero-order chi connectivity index (χ0) is 15.2. The van der Waals surface area contributed by atoms with Crippen LogP contribution in [-0.4, -0.2) is 29.4 Å². The Hall–Kier alpha value is -2.56. The molecule has 1 aromatic heterocycles. The topological polar surface area (TPSA) is 68.5 Å². The van der Waals surface area contributed by atoms with Gasteiger partial charge in [0.05, 0.1) is 6.61 Å². The summed E-state index contributed by atoms with van der Waals surface area (Å²) in [6, 6.07) is 8.99. The number of nitrogens with zero attached hydrogens (tertiary/aromatic N) is 2. The van der Waals surface area contributed by atoms with Gasteiger partial charge in [-0.25, -0.2) is 0 Å². The number of hydrogen-bond acceptors (Lipinski definition) is 4. The number of nitrogens with two attached hydrogens (primary N) is 1. The molecule has 0 saturated heterocycles. The van der Waals surface area contributed by atoms with E-state index < -0.39 is 0 Å². The lowest BCUT2D eigenvalue weighted by atomic mass is 10.1. The third-order valence-electron chi connectivity index (χ3n) is 3.09. The molecule has 1 aromatic carbocycles. The van der Waals surface area contributed by atoms with Crippen molar-refractivity contribution in [2.24, 2.45) is 0 Å². The van der Waals surface area contributed by atoms with Gasteiger partial charge in [0.15, 0.2) is 0 Å². The van der Waals surface area contributed by atoms with E-state index in [1.54, 1.807) is 42.5 Å². The predicted octanol–water partition coefficient (Wildman–Crippen LogP) is 2.33. The molecule has 0 bridgehead atoms. The molecule has 0 aliphatic rings. The Morgan fingerprint density at radius 1 is 1.29 bits per heavy atom. The van der Waals surface area contributed by atoms with Gasteiger partial charge in [0, 0.05) is 31.7 Å². The highest BCUT2D eigenvalue weighted by atomic mass is 16.5. The quantitative estimate of drug-likeness (QED) is 0.856. The fourth-order valence-corrected chi connectivity index (χ4v) is 2.08. The molecule has 5 nitrogen and oxygen atoms in total. The minimum atomic E-state index is -0.159. The smallest absolute Gasteiger partial charge is 0.259 e. The van der Waals surface area contributed by atoms with Crippen LogP contribution in [-0.2, 0) is 6.54 Å². The average Bonchev–Trinajstić information content (AvgIpc) is 2.48. The van der Waals surface area contributed by atoms with Crippen molar-refractivity contribution in [3.8, 4) is 5.75 Å². The van der Waals surface area contributed by atoms with E-state index in [4.69, 9.17) is 10.5 Å². The molecular weight excluding hydrogens is 266 g/mol. The summed E-state index contributed by atoms with van der Waals surface area (Å²) in [6.45, 7) is 2.84. The van der Waals surface area contributed by atoms with Crippen molar-refractivity contribution in [1.29, 1.82) is 0 Å². The maximum absolute atomic E-state index is 12.6. The number of amides is 1. The first-order chi connectivity index (χ1) is 10.1. The van der Waals surface area contributed by atoms with Crippen molar-refractivity contribution in [2.75, 3.05) is 19.4 Å². The van der Waals surface area contributed by atoms with Crippen LogP contribution in [0.5, 0.6) is 5.75 Å². The summed E-state index contributed by atoms with van der Waals surface area (Å²) in [7, 11) is 1.74. The minimum Gasteiger partial charge on any atom is -0.493 e. The molecule has 0 aliphatic carbocycles. The first-order valence-corrected chi connectivity index (χ1v) is 6.79. The Morgan fingerprint density at radius 3 is 2.67 bits per heavy atom. The van der Waals surface area contributed by atoms with Crippen molar-refractivity contribution in [2.45, 2.75) is 13.5 Å². The molecule has 1 amide bonds. The zero-order valence-electron chi connectivity index (χ0n) is 12.2. The number of pyridine rings is 1. The maximum Gasteiger partial charge on any atom is 0.259 e. The van der Waals surface area contributed by atoms with Crippen molar-refractivity contribution in [3.05, 3.63) is 53.9 Å². The summed E-state index contributed by atoms with van der Waals surface area (Å²) in [4.78, 5) is 18.2. The van der Waals surface area contributed by atoms with Crippen LogP contribution in [0.25, 0.3) is 0 Å². The van der Waals surface area contributed by atoms with E-state index in [9.17, 15) is 4.79 Å². The molecule has 0 radical (unpaired) electrons. The van der Waals surface area contributed by atoms with Gasteiger partial charge in [0.1, 0.15) is 11.3 Å². The van der Waals surface area contributed by atoms with Crippen molar-refractivity contribution in [1.82, 2.24) is 9.88 Å². The summed E-state index contributed by atoms with van der Waals surface area (Å²) in [5, 5.41) is 0. The van der Waals surface area contributed by atoms with Gasteiger partial charge >= 0.3 is 0 Å². The molecule has 0 spiro atoms. The molecule has 0 saturated carbocycles. The fourth-order valence-electron chi connectivity index (χ4n) is 2.08. The van der Waals surface area contributed by atoms with E-state index in [0.717, 1.165) is 5.56 Å². The molecule has 2 N–H and O–H groups in total. The van der Waals surface area contributed by atoms with E-state index >= 15 is 0 Å². The van der Waals surface area contributed by atoms with Crippen LogP contribution in [0.2, 0.25) is 0 Å². The lowest BCUT2D eigenvalue weighted by molar-refractivity contribution is 0.0782. The normalized spacial score (nSPS) is 10.2. The molecule has 0 atom stereocenters. The Morgan fingerprint density at radius 2 is 2.00 bits per heavy atom. The van der Waals surface area contributed by atoms with Gasteiger partial charge in [-0.3, -0.25) is 9.78 Å². The number of carbonyl (C=O) groups excluding carboxylic acids is 1. The van der Waals surface area contributed by atoms with Gasteiger partial charge < -0.3 is 15.4 Å². The summed E-state index contributed by atoms with van der Waals surface area (Å²) in [5.74, 6) is 0.359. The molecule has 2 rings (SSSR count). The Balaban J connectivity index is 2.23. The molecule has 21 heavy (non-hydrogen) atoms. The third kappa shape index (κ3) is 3.51. The Labute approximate surface area is 124 Å².